The maximum absolute atomic E-state index is 15.0. The van der Waals surface area contributed by atoms with Crippen molar-refractivity contribution in [2.24, 2.45) is 0 Å². The Kier molecular flexibility index (Phi) is 4.56. The standard InChI is InChI=1S/C19H19FN4O3S/c1-21-28(25,26)23-13-9-12-6-8-24(19(12)16(20)10-13)18-5-7-22-17-11-14(27-2)3-4-15(17)18/h3-5,7,9-11,21,23H,6,8H2,1-2H3. The van der Waals surface area contributed by atoms with E-state index in [1.807, 2.05) is 29.2 Å². The molecular formula is C19H19FN4O3S. The normalized spacial score (nSPS) is 13.6. The highest BCUT2D eigenvalue weighted by atomic mass is 32.2. The van der Waals surface area contributed by atoms with Crippen LogP contribution in [0.25, 0.3) is 10.9 Å². The van der Waals surface area contributed by atoms with E-state index in [4.69, 9.17) is 4.74 Å². The molecule has 0 saturated heterocycles. The smallest absolute Gasteiger partial charge is 0.298 e. The molecule has 3 aromatic rings. The fourth-order valence-electron chi connectivity index (χ4n) is 3.47. The highest BCUT2D eigenvalue weighted by Gasteiger charge is 2.27. The van der Waals surface area contributed by atoms with E-state index in [2.05, 4.69) is 14.4 Å². The molecule has 9 heteroatoms. The topological polar surface area (TPSA) is 83.6 Å². The first-order valence-electron chi connectivity index (χ1n) is 8.66. The van der Waals surface area contributed by atoms with Crippen LogP contribution in [0.3, 0.4) is 0 Å². The van der Waals surface area contributed by atoms with E-state index in [0.717, 1.165) is 22.2 Å². The van der Waals surface area contributed by atoms with E-state index in [0.29, 0.717) is 24.4 Å². The minimum Gasteiger partial charge on any atom is -0.497 e. The minimum atomic E-state index is -3.71. The number of nitrogens with one attached hydrogen (secondary N) is 2. The molecule has 1 aromatic heterocycles. The van der Waals surface area contributed by atoms with Crippen LogP contribution >= 0.6 is 0 Å². The molecule has 1 aliphatic rings. The number of anilines is 3. The molecule has 2 N–H and O–H groups in total. The third-order valence-corrected chi connectivity index (χ3v) is 5.80. The van der Waals surface area contributed by atoms with E-state index in [9.17, 15) is 12.8 Å². The first kappa shape index (κ1) is 18.5. The molecule has 0 radical (unpaired) electrons. The maximum atomic E-state index is 15.0. The van der Waals surface area contributed by atoms with E-state index in [1.165, 1.54) is 13.1 Å². The molecule has 0 bridgehead atoms. The molecule has 1 aliphatic heterocycles. The lowest BCUT2D eigenvalue weighted by atomic mass is 10.1. The summed E-state index contributed by atoms with van der Waals surface area (Å²) in [6, 6.07) is 10.3. The summed E-state index contributed by atoms with van der Waals surface area (Å²) in [4.78, 5) is 6.28. The number of aromatic nitrogens is 1. The highest BCUT2D eigenvalue weighted by Crippen LogP contribution is 2.41. The summed E-state index contributed by atoms with van der Waals surface area (Å²) in [5, 5.41) is 0.885. The maximum Gasteiger partial charge on any atom is 0.298 e. The van der Waals surface area contributed by atoms with Gasteiger partial charge in [0.2, 0.25) is 0 Å². The summed E-state index contributed by atoms with van der Waals surface area (Å²) in [5.41, 5.74) is 2.98. The molecule has 0 atom stereocenters. The minimum absolute atomic E-state index is 0.191. The van der Waals surface area contributed by atoms with Crippen molar-refractivity contribution in [1.29, 1.82) is 0 Å². The Hall–Kier alpha value is -2.91. The van der Waals surface area contributed by atoms with Crippen LogP contribution < -0.4 is 19.1 Å². The molecule has 0 fully saturated rings. The number of rotatable bonds is 5. The van der Waals surface area contributed by atoms with Crippen LogP contribution in [0.5, 0.6) is 5.75 Å². The number of pyridine rings is 1. The number of fused-ring (bicyclic) bond motifs is 2. The first-order chi connectivity index (χ1) is 13.4. The van der Waals surface area contributed by atoms with Crippen molar-refractivity contribution in [1.82, 2.24) is 9.71 Å². The summed E-state index contributed by atoms with van der Waals surface area (Å²) >= 11 is 0. The summed E-state index contributed by atoms with van der Waals surface area (Å²) in [6.07, 6.45) is 2.28. The quantitative estimate of drug-likeness (QED) is 0.686. The molecule has 0 saturated carbocycles. The Bertz CT molecular complexity index is 1170. The van der Waals surface area contributed by atoms with Gasteiger partial charge < -0.3 is 9.64 Å². The first-order valence-corrected chi connectivity index (χ1v) is 10.1. The molecule has 7 nitrogen and oxygen atoms in total. The Morgan fingerprint density at radius 1 is 1.21 bits per heavy atom. The fraction of sp³-hybridized carbons (Fsp3) is 0.211. The second-order valence-electron chi connectivity index (χ2n) is 6.39. The van der Waals surface area contributed by atoms with Crippen molar-refractivity contribution in [3.63, 3.8) is 0 Å². The van der Waals surface area contributed by atoms with Crippen LogP contribution in [0.1, 0.15) is 5.56 Å². The van der Waals surface area contributed by atoms with Crippen molar-refractivity contribution in [2.45, 2.75) is 6.42 Å². The Balaban J connectivity index is 1.77. The second kappa shape index (κ2) is 6.92. The van der Waals surface area contributed by atoms with Crippen molar-refractivity contribution in [3.05, 3.63) is 54.0 Å². The van der Waals surface area contributed by atoms with Gasteiger partial charge in [-0.1, -0.05) is 0 Å². The second-order valence-corrected chi connectivity index (χ2v) is 8.01. The van der Waals surface area contributed by atoms with Gasteiger partial charge >= 0.3 is 0 Å². The zero-order valence-electron chi connectivity index (χ0n) is 15.4. The SMILES string of the molecule is CNS(=O)(=O)Nc1cc(F)c2c(c1)CCN2c1ccnc2cc(OC)ccc12. The molecule has 0 spiro atoms. The Labute approximate surface area is 162 Å². The van der Waals surface area contributed by atoms with Gasteiger partial charge in [0.05, 0.1) is 29.7 Å². The van der Waals surface area contributed by atoms with Gasteiger partial charge in [-0.25, -0.2) is 9.11 Å². The summed E-state index contributed by atoms with van der Waals surface area (Å²) < 4.78 is 48.1. The summed E-state index contributed by atoms with van der Waals surface area (Å²) in [6.45, 7) is 0.583. The van der Waals surface area contributed by atoms with E-state index in [-0.39, 0.29) is 5.69 Å². The van der Waals surface area contributed by atoms with Gasteiger partial charge in [0.25, 0.3) is 10.2 Å². The number of ether oxygens (including phenoxy) is 1. The average molecular weight is 402 g/mol. The lowest BCUT2D eigenvalue weighted by molar-refractivity contribution is 0.415. The third kappa shape index (κ3) is 3.23. The zero-order chi connectivity index (χ0) is 19.9. The lowest BCUT2D eigenvalue weighted by Crippen LogP contribution is -2.26. The Morgan fingerprint density at radius 2 is 2.04 bits per heavy atom. The number of methoxy groups -OCH3 is 1. The van der Waals surface area contributed by atoms with Crippen LogP contribution in [-0.2, 0) is 16.6 Å². The molecule has 2 aromatic carbocycles. The van der Waals surface area contributed by atoms with Crippen molar-refractivity contribution in [3.8, 4) is 5.75 Å². The van der Waals surface area contributed by atoms with Crippen LogP contribution in [0.15, 0.2) is 42.6 Å². The number of hydrogen-bond acceptors (Lipinski definition) is 5. The lowest BCUT2D eigenvalue weighted by Gasteiger charge is -2.22. The average Bonchev–Trinajstić information content (AvgIpc) is 3.11. The van der Waals surface area contributed by atoms with Crippen molar-refractivity contribution < 1.29 is 17.5 Å². The van der Waals surface area contributed by atoms with Gasteiger partial charge in [0.1, 0.15) is 11.6 Å². The summed E-state index contributed by atoms with van der Waals surface area (Å²) in [7, 11) is -0.825. The van der Waals surface area contributed by atoms with Gasteiger partial charge in [-0.3, -0.25) is 9.71 Å². The van der Waals surface area contributed by atoms with Gasteiger partial charge in [0, 0.05) is 37.3 Å². The molecule has 4 rings (SSSR count). The zero-order valence-corrected chi connectivity index (χ0v) is 16.2. The van der Waals surface area contributed by atoms with Crippen LogP contribution in [0.2, 0.25) is 0 Å². The van der Waals surface area contributed by atoms with E-state index >= 15 is 0 Å². The van der Waals surface area contributed by atoms with Gasteiger partial charge in [-0.05, 0) is 36.2 Å². The van der Waals surface area contributed by atoms with Crippen LogP contribution in [0, 0.1) is 5.82 Å². The number of benzene rings is 2. The Morgan fingerprint density at radius 3 is 2.79 bits per heavy atom. The van der Waals surface area contributed by atoms with Crippen LogP contribution in [0.4, 0.5) is 21.5 Å². The molecule has 146 valence electrons. The van der Waals surface area contributed by atoms with E-state index in [1.54, 1.807) is 19.4 Å². The number of hydrogen-bond donors (Lipinski definition) is 2. The van der Waals surface area contributed by atoms with Gasteiger partial charge in [-0.15, -0.1) is 0 Å². The van der Waals surface area contributed by atoms with E-state index < -0.39 is 16.0 Å². The molecule has 28 heavy (non-hydrogen) atoms. The largest absolute Gasteiger partial charge is 0.497 e. The van der Waals surface area contributed by atoms with Gasteiger partial charge in [-0.2, -0.15) is 8.42 Å². The van der Waals surface area contributed by atoms with Gasteiger partial charge in [0.15, 0.2) is 0 Å². The molecule has 0 unspecified atom stereocenters. The van der Waals surface area contributed by atoms with Crippen molar-refractivity contribution in [2.75, 3.05) is 30.3 Å². The molecule has 0 aliphatic carbocycles. The predicted octanol–water partition coefficient (Wildman–Crippen LogP) is 2.95. The highest BCUT2D eigenvalue weighted by molar-refractivity contribution is 7.90. The monoisotopic (exact) mass is 402 g/mol. The van der Waals surface area contributed by atoms with Crippen LogP contribution in [-0.4, -0.2) is 34.1 Å². The number of nitrogens with zero attached hydrogens (tertiary/aromatic N) is 2. The predicted molar refractivity (Wildman–Crippen MR) is 107 cm³/mol. The number of halogens is 1. The molecular weight excluding hydrogens is 383 g/mol. The van der Waals surface area contributed by atoms with Crippen molar-refractivity contribution >= 4 is 38.2 Å². The fourth-order valence-corrected chi connectivity index (χ4v) is 4.00. The third-order valence-electron chi connectivity index (χ3n) is 4.76. The molecule has 2 heterocycles. The summed E-state index contributed by atoms with van der Waals surface area (Å²) in [5.74, 6) is 0.217. The molecule has 0 amide bonds.